The predicted molar refractivity (Wildman–Crippen MR) is 121 cm³/mol. The predicted octanol–water partition coefficient (Wildman–Crippen LogP) is 3.48. The number of carbonyl (C=O) groups excluding carboxylic acids is 1. The molecule has 0 aromatic heterocycles. The van der Waals surface area contributed by atoms with E-state index in [0.717, 1.165) is 19.3 Å². The maximum atomic E-state index is 12.9. The molecule has 1 aliphatic heterocycles. The van der Waals surface area contributed by atoms with Crippen LogP contribution in [0.4, 0.5) is 17.1 Å². The van der Waals surface area contributed by atoms with Crippen LogP contribution in [0.3, 0.4) is 0 Å². The van der Waals surface area contributed by atoms with Gasteiger partial charge < -0.3 is 15.4 Å². The van der Waals surface area contributed by atoms with Gasteiger partial charge in [-0.1, -0.05) is 18.0 Å². The average molecular weight is 483 g/mol. The van der Waals surface area contributed by atoms with Crippen molar-refractivity contribution in [2.45, 2.75) is 24.2 Å². The maximum Gasteiger partial charge on any atom is 0.289 e. The third kappa shape index (κ3) is 5.47. The molecule has 10 nitrogen and oxygen atoms in total. The minimum atomic E-state index is -3.68. The number of amides is 1. The van der Waals surface area contributed by atoms with Crippen molar-refractivity contribution in [2.24, 2.45) is 0 Å². The fourth-order valence-electron chi connectivity index (χ4n) is 3.34. The number of anilines is 2. The summed E-state index contributed by atoms with van der Waals surface area (Å²) in [5.41, 5.74) is 0.262. The molecule has 1 heterocycles. The molecule has 2 aromatic carbocycles. The first-order valence-corrected chi connectivity index (χ1v) is 11.7. The van der Waals surface area contributed by atoms with E-state index < -0.39 is 20.9 Å². The molecule has 0 unspecified atom stereocenters. The second-order valence-corrected chi connectivity index (χ2v) is 9.50. The number of nitro benzene ring substituents is 1. The van der Waals surface area contributed by atoms with Gasteiger partial charge in [0.25, 0.3) is 5.69 Å². The number of nitro groups is 1. The van der Waals surface area contributed by atoms with Crippen molar-refractivity contribution in [3.8, 4) is 5.75 Å². The number of halogens is 1. The largest absolute Gasteiger partial charge is 0.495 e. The van der Waals surface area contributed by atoms with Crippen LogP contribution in [0.15, 0.2) is 41.3 Å². The number of nitrogens with one attached hydrogen (secondary N) is 2. The molecule has 12 heteroatoms. The third-order valence-electron chi connectivity index (χ3n) is 4.99. The fraction of sp³-hybridized carbons (Fsp3) is 0.350. The normalized spacial score (nSPS) is 14.6. The molecule has 0 spiro atoms. The SMILES string of the molecule is COc1ccc(S(=O)(=O)N2CCCCC2)cc1NC(=O)CNc1ccc(Cl)c([N+](=O)[O-])c1. The van der Waals surface area contributed by atoms with Crippen molar-refractivity contribution in [1.82, 2.24) is 4.31 Å². The van der Waals surface area contributed by atoms with Crippen LogP contribution in [0.25, 0.3) is 0 Å². The topological polar surface area (TPSA) is 131 Å². The molecule has 3 rings (SSSR count). The summed E-state index contributed by atoms with van der Waals surface area (Å²) in [5, 5.41) is 16.4. The highest BCUT2D eigenvalue weighted by atomic mass is 35.5. The van der Waals surface area contributed by atoms with Gasteiger partial charge in [0.15, 0.2) is 0 Å². The van der Waals surface area contributed by atoms with E-state index in [1.54, 1.807) is 0 Å². The Balaban J connectivity index is 1.73. The summed E-state index contributed by atoms with van der Waals surface area (Å²) < 4.78 is 32.6. The highest BCUT2D eigenvalue weighted by molar-refractivity contribution is 7.89. The number of carbonyl (C=O) groups is 1. The Kier molecular flexibility index (Phi) is 7.54. The van der Waals surface area contributed by atoms with Gasteiger partial charge in [0.1, 0.15) is 10.8 Å². The van der Waals surface area contributed by atoms with Crippen LogP contribution < -0.4 is 15.4 Å². The number of hydrogen-bond donors (Lipinski definition) is 2. The van der Waals surface area contributed by atoms with E-state index in [1.165, 1.54) is 47.8 Å². The van der Waals surface area contributed by atoms with Crippen LogP contribution in [0.5, 0.6) is 5.75 Å². The van der Waals surface area contributed by atoms with E-state index >= 15 is 0 Å². The van der Waals surface area contributed by atoms with Crippen LogP contribution in [0.2, 0.25) is 5.02 Å². The smallest absolute Gasteiger partial charge is 0.289 e. The maximum absolute atomic E-state index is 12.9. The van der Waals surface area contributed by atoms with Gasteiger partial charge in [0.05, 0.1) is 29.2 Å². The minimum Gasteiger partial charge on any atom is -0.495 e. The molecule has 2 N–H and O–H groups in total. The van der Waals surface area contributed by atoms with Gasteiger partial charge in [0, 0.05) is 24.8 Å². The lowest BCUT2D eigenvalue weighted by atomic mass is 10.2. The first-order valence-electron chi connectivity index (χ1n) is 9.88. The van der Waals surface area contributed by atoms with Gasteiger partial charge in [-0.25, -0.2) is 8.42 Å². The molecular formula is C20H23ClN4O6S. The molecule has 0 radical (unpaired) electrons. The standard InChI is InChI=1S/C20H23ClN4O6S/c1-31-19-8-6-15(32(29,30)24-9-3-2-4-10-24)12-17(19)23-20(26)13-22-14-5-7-16(21)18(11-14)25(27)28/h5-8,11-12,22H,2-4,9-10,13H2,1H3,(H,23,26). The molecule has 1 fully saturated rings. The summed E-state index contributed by atoms with van der Waals surface area (Å²) in [4.78, 5) is 22.9. The fourth-order valence-corrected chi connectivity index (χ4v) is 5.07. The van der Waals surface area contributed by atoms with Gasteiger partial charge in [-0.2, -0.15) is 4.31 Å². The molecule has 1 saturated heterocycles. The molecule has 32 heavy (non-hydrogen) atoms. The lowest BCUT2D eigenvalue weighted by Gasteiger charge is -2.26. The number of methoxy groups -OCH3 is 1. The monoisotopic (exact) mass is 482 g/mol. The molecule has 0 atom stereocenters. The molecule has 1 amide bonds. The highest BCUT2D eigenvalue weighted by Gasteiger charge is 2.27. The summed E-state index contributed by atoms with van der Waals surface area (Å²) in [7, 11) is -2.27. The van der Waals surface area contributed by atoms with Gasteiger partial charge in [-0.15, -0.1) is 0 Å². The quantitative estimate of drug-likeness (QED) is 0.435. The summed E-state index contributed by atoms with van der Waals surface area (Å²) in [5.74, 6) is -0.188. The number of nitrogens with zero attached hydrogens (tertiary/aromatic N) is 2. The summed E-state index contributed by atoms with van der Waals surface area (Å²) in [6, 6.07) is 8.40. The molecule has 172 valence electrons. The Hall–Kier alpha value is -2.89. The molecular weight excluding hydrogens is 460 g/mol. The summed E-state index contributed by atoms with van der Waals surface area (Å²) in [6.45, 7) is 0.714. The van der Waals surface area contributed by atoms with E-state index in [1.807, 2.05) is 0 Å². The summed E-state index contributed by atoms with van der Waals surface area (Å²) >= 11 is 5.79. The van der Waals surface area contributed by atoms with Crippen molar-refractivity contribution in [3.05, 3.63) is 51.5 Å². The zero-order valence-electron chi connectivity index (χ0n) is 17.3. The number of piperidine rings is 1. The third-order valence-corrected chi connectivity index (χ3v) is 7.21. The Morgan fingerprint density at radius 3 is 2.56 bits per heavy atom. The second kappa shape index (κ2) is 10.2. The second-order valence-electron chi connectivity index (χ2n) is 7.15. The van der Waals surface area contributed by atoms with Crippen LogP contribution in [-0.4, -0.2) is 50.3 Å². The van der Waals surface area contributed by atoms with Crippen molar-refractivity contribution in [2.75, 3.05) is 37.4 Å². The van der Waals surface area contributed by atoms with Crippen molar-refractivity contribution < 1.29 is 22.9 Å². The van der Waals surface area contributed by atoms with Crippen LogP contribution in [0, 0.1) is 10.1 Å². The zero-order valence-corrected chi connectivity index (χ0v) is 18.9. The van der Waals surface area contributed by atoms with E-state index in [9.17, 15) is 23.3 Å². The van der Waals surface area contributed by atoms with Crippen molar-refractivity contribution in [1.29, 1.82) is 0 Å². The number of ether oxygens (including phenoxy) is 1. The molecule has 0 saturated carbocycles. The Bertz CT molecular complexity index is 1120. The Morgan fingerprint density at radius 1 is 1.19 bits per heavy atom. The van der Waals surface area contributed by atoms with E-state index in [4.69, 9.17) is 16.3 Å². The lowest BCUT2D eigenvalue weighted by molar-refractivity contribution is -0.384. The minimum absolute atomic E-state index is 0.0125. The first kappa shape index (κ1) is 23.8. The number of rotatable bonds is 8. The van der Waals surface area contributed by atoms with E-state index in [0.29, 0.717) is 24.5 Å². The van der Waals surface area contributed by atoms with Crippen LogP contribution in [0.1, 0.15) is 19.3 Å². The van der Waals surface area contributed by atoms with Crippen LogP contribution >= 0.6 is 11.6 Å². The number of hydrogen-bond acceptors (Lipinski definition) is 7. The van der Waals surface area contributed by atoms with Crippen molar-refractivity contribution >= 4 is 44.6 Å². The average Bonchev–Trinajstić information content (AvgIpc) is 2.78. The number of benzene rings is 2. The van der Waals surface area contributed by atoms with Gasteiger partial charge in [0.2, 0.25) is 15.9 Å². The van der Waals surface area contributed by atoms with Gasteiger partial charge >= 0.3 is 0 Å². The Morgan fingerprint density at radius 2 is 1.91 bits per heavy atom. The van der Waals surface area contributed by atoms with Gasteiger partial charge in [-0.05, 0) is 43.2 Å². The molecule has 2 aromatic rings. The molecule has 0 bridgehead atoms. The highest BCUT2D eigenvalue weighted by Crippen LogP contribution is 2.30. The zero-order chi connectivity index (χ0) is 23.3. The number of sulfonamides is 1. The molecule has 0 aliphatic carbocycles. The van der Waals surface area contributed by atoms with Crippen LogP contribution in [-0.2, 0) is 14.8 Å². The lowest BCUT2D eigenvalue weighted by Crippen LogP contribution is -2.35. The molecule has 1 aliphatic rings. The Labute approximate surface area is 190 Å². The van der Waals surface area contributed by atoms with E-state index in [2.05, 4.69) is 10.6 Å². The van der Waals surface area contributed by atoms with Crippen molar-refractivity contribution in [3.63, 3.8) is 0 Å². The summed E-state index contributed by atoms with van der Waals surface area (Å²) in [6.07, 6.45) is 2.63. The first-order chi connectivity index (χ1) is 15.2. The van der Waals surface area contributed by atoms with Gasteiger partial charge in [-0.3, -0.25) is 14.9 Å². The van der Waals surface area contributed by atoms with E-state index in [-0.39, 0.29) is 27.8 Å².